The van der Waals surface area contributed by atoms with Crippen molar-refractivity contribution in [3.63, 3.8) is 0 Å². The first-order chi connectivity index (χ1) is 8.83. The highest BCUT2D eigenvalue weighted by atomic mass is 16.3. The van der Waals surface area contributed by atoms with Gasteiger partial charge >= 0.3 is 0 Å². The van der Waals surface area contributed by atoms with E-state index in [1.54, 1.807) is 0 Å². The van der Waals surface area contributed by atoms with E-state index in [2.05, 4.69) is 22.3 Å². The van der Waals surface area contributed by atoms with Crippen molar-refractivity contribution in [2.24, 2.45) is 0 Å². The summed E-state index contributed by atoms with van der Waals surface area (Å²) in [6.45, 7) is 2.79. The highest BCUT2D eigenvalue weighted by molar-refractivity contribution is 5.15. The van der Waals surface area contributed by atoms with Crippen molar-refractivity contribution in [2.75, 3.05) is 32.8 Å². The van der Waals surface area contributed by atoms with Gasteiger partial charge in [-0.15, -0.1) is 0 Å². The van der Waals surface area contributed by atoms with Crippen molar-refractivity contribution in [1.29, 1.82) is 0 Å². The molecule has 0 aliphatic carbocycles. The minimum atomic E-state index is 0.128. The Labute approximate surface area is 108 Å². The topological polar surface area (TPSA) is 55.7 Å². The molecule has 0 aromatic heterocycles. The summed E-state index contributed by atoms with van der Waals surface area (Å²) in [5.74, 6) is 0. The molecule has 1 aliphatic rings. The number of nitrogens with zero attached hydrogens (tertiary/aromatic N) is 1. The summed E-state index contributed by atoms with van der Waals surface area (Å²) in [6, 6.07) is 10.7. The Kier molecular flexibility index (Phi) is 5.13. The van der Waals surface area contributed by atoms with Crippen LogP contribution in [0.3, 0.4) is 0 Å². The lowest BCUT2D eigenvalue weighted by Crippen LogP contribution is -2.59. The number of nitrogens with one attached hydrogen (secondary N) is 1. The van der Waals surface area contributed by atoms with Gasteiger partial charge in [0.05, 0.1) is 13.2 Å². The maximum atomic E-state index is 9.37. The number of piperazine rings is 1. The van der Waals surface area contributed by atoms with Gasteiger partial charge < -0.3 is 15.5 Å². The van der Waals surface area contributed by atoms with Gasteiger partial charge in [0.1, 0.15) is 0 Å². The molecule has 1 aliphatic heterocycles. The van der Waals surface area contributed by atoms with Gasteiger partial charge in [0, 0.05) is 31.7 Å². The Bertz CT molecular complexity index is 345. The quantitative estimate of drug-likeness (QED) is 0.681. The highest BCUT2D eigenvalue weighted by Gasteiger charge is 2.26. The third-order valence-electron chi connectivity index (χ3n) is 3.58. The molecule has 1 saturated heterocycles. The minimum Gasteiger partial charge on any atom is -0.395 e. The van der Waals surface area contributed by atoms with Gasteiger partial charge in [0.25, 0.3) is 0 Å². The molecule has 0 radical (unpaired) electrons. The number of hydrogen-bond donors (Lipinski definition) is 3. The summed E-state index contributed by atoms with van der Waals surface area (Å²) < 4.78 is 0. The molecule has 1 heterocycles. The zero-order valence-corrected chi connectivity index (χ0v) is 10.6. The lowest BCUT2D eigenvalue weighted by molar-refractivity contribution is 0.0654. The van der Waals surface area contributed by atoms with Crippen molar-refractivity contribution in [3.05, 3.63) is 35.9 Å². The predicted octanol–water partition coefficient (Wildman–Crippen LogP) is -0.144. The Balaban J connectivity index is 1.88. The zero-order chi connectivity index (χ0) is 12.8. The molecule has 100 valence electrons. The second-order valence-electron chi connectivity index (χ2n) is 4.85. The molecule has 2 unspecified atom stereocenters. The highest BCUT2D eigenvalue weighted by Crippen LogP contribution is 2.09. The van der Waals surface area contributed by atoms with E-state index >= 15 is 0 Å². The van der Waals surface area contributed by atoms with Crippen LogP contribution in [0.5, 0.6) is 0 Å². The average Bonchev–Trinajstić information content (AvgIpc) is 2.45. The number of aliphatic hydroxyl groups excluding tert-OH is 2. The van der Waals surface area contributed by atoms with Gasteiger partial charge in [-0.3, -0.25) is 4.90 Å². The third-order valence-corrected chi connectivity index (χ3v) is 3.58. The van der Waals surface area contributed by atoms with Crippen LogP contribution < -0.4 is 5.32 Å². The monoisotopic (exact) mass is 250 g/mol. The molecule has 0 saturated carbocycles. The fourth-order valence-electron chi connectivity index (χ4n) is 2.42. The largest absolute Gasteiger partial charge is 0.395 e. The standard InChI is InChI=1S/C14H22N2O2/c17-10-13-9-16(14(11-18)8-15-13)7-6-12-4-2-1-3-5-12/h1-5,13-15,17-18H,6-11H2. The van der Waals surface area contributed by atoms with Gasteiger partial charge in [-0.1, -0.05) is 30.3 Å². The van der Waals surface area contributed by atoms with Crippen LogP contribution in [0.15, 0.2) is 30.3 Å². The van der Waals surface area contributed by atoms with Crippen LogP contribution in [0.25, 0.3) is 0 Å². The van der Waals surface area contributed by atoms with Crippen molar-refractivity contribution < 1.29 is 10.2 Å². The summed E-state index contributed by atoms with van der Waals surface area (Å²) in [6.07, 6.45) is 0.982. The van der Waals surface area contributed by atoms with Crippen molar-refractivity contribution in [1.82, 2.24) is 10.2 Å². The summed E-state index contributed by atoms with van der Waals surface area (Å²) >= 11 is 0. The molecule has 1 aromatic carbocycles. The molecule has 0 bridgehead atoms. The smallest absolute Gasteiger partial charge is 0.0599 e. The second-order valence-corrected chi connectivity index (χ2v) is 4.85. The normalized spacial score (nSPS) is 25.2. The molecule has 1 aromatic rings. The van der Waals surface area contributed by atoms with Crippen LogP contribution in [0.1, 0.15) is 5.56 Å². The van der Waals surface area contributed by atoms with Crippen LogP contribution in [0.4, 0.5) is 0 Å². The van der Waals surface area contributed by atoms with Gasteiger partial charge in [-0.05, 0) is 12.0 Å². The zero-order valence-electron chi connectivity index (χ0n) is 10.6. The van der Waals surface area contributed by atoms with Crippen LogP contribution >= 0.6 is 0 Å². The van der Waals surface area contributed by atoms with Crippen LogP contribution in [-0.4, -0.2) is 60.0 Å². The maximum Gasteiger partial charge on any atom is 0.0599 e. The van der Waals surface area contributed by atoms with E-state index in [1.807, 2.05) is 18.2 Å². The molecule has 2 rings (SSSR count). The summed E-state index contributed by atoms with van der Waals surface area (Å²) in [7, 11) is 0. The number of hydrogen-bond acceptors (Lipinski definition) is 4. The molecule has 0 spiro atoms. The van der Waals surface area contributed by atoms with Gasteiger partial charge in [0.15, 0.2) is 0 Å². The van der Waals surface area contributed by atoms with Crippen LogP contribution in [0, 0.1) is 0 Å². The van der Waals surface area contributed by atoms with Crippen molar-refractivity contribution in [3.8, 4) is 0 Å². The Morgan fingerprint density at radius 1 is 1.17 bits per heavy atom. The van der Waals surface area contributed by atoms with E-state index in [1.165, 1.54) is 5.56 Å². The summed E-state index contributed by atoms with van der Waals surface area (Å²) in [4.78, 5) is 2.27. The minimum absolute atomic E-state index is 0.128. The van der Waals surface area contributed by atoms with Crippen LogP contribution in [-0.2, 0) is 6.42 Å². The number of benzene rings is 1. The SMILES string of the molecule is OCC1CN(CCc2ccccc2)C(CO)CN1. The fraction of sp³-hybridized carbons (Fsp3) is 0.571. The van der Waals surface area contributed by atoms with E-state index in [0.29, 0.717) is 0 Å². The summed E-state index contributed by atoms with van der Waals surface area (Å²) in [5, 5.41) is 21.8. The Hall–Kier alpha value is -0.940. The predicted molar refractivity (Wildman–Crippen MR) is 71.5 cm³/mol. The van der Waals surface area contributed by atoms with E-state index < -0.39 is 0 Å². The molecule has 2 atom stereocenters. The summed E-state index contributed by atoms with van der Waals surface area (Å²) in [5.41, 5.74) is 1.31. The number of rotatable bonds is 5. The molecular formula is C14H22N2O2. The van der Waals surface area contributed by atoms with E-state index in [0.717, 1.165) is 26.1 Å². The van der Waals surface area contributed by atoms with Crippen LogP contribution in [0.2, 0.25) is 0 Å². The average molecular weight is 250 g/mol. The molecule has 1 fully saturated rings. The van der Waals surface area contributed by atoms with E-state index in [-0.39, 0.29) is 25.3 Å². The Morgan fingerprint density at radius 2 is 1.94 bits per heavy atom. The molecule has 18 heavy (non-hydrogen) atoms. The van der Waals surface area contributed by atoms with Crippen molar-refractivity contribution in [2.45, 2.75) is 18.5 Å². The van der Waals surface area contributed by atoms with Gasteiger partial charge in [0.2, 0.25) is 0 Å². The first-order valence-electron chi connectivity index (χ1n) is 6.56. The molecule has 0 amide bonds. The number of aliphatic hydroxyl groups is 2. The second kappa shape index (κ2) is 6.85. The fourth-order valence-corrected chi connectivity index (χ4v) is 2.42. The lowest BCUT2D eigenvalue weighted by Gasteiger charge is -2.39. The van der Waals surface area contributed by atoms with Gasteiger partial charge in [-0.25, -0.2) is 0 Å². The first-order valence-corrected chi connectivity index (χ1v) is 6.56. The van der Waals surface area contributed by atoms with Crippen molar-refractivity contribution >= 4 is 0 Å². The molecular weight excluding hydrogens is 228 g/mol. The van der Waals surface area contributed by atoms with E-state index in [4.69, 9.17) is 0 Å². The van der Waals surface area contributed by atoms with Gasteiger partial charge in [-0.2, -0.15) is 0 Å². The Morgan fingerprint density at radius 3 is 2.61 bits per heavy atom. The molecule has 4 heteroatoms. The molecule has 3 N–H and O–H groups in total. The first kappa shape index (κ1) is 13.5. The third kappa shape index (κ3) is 3.53. The lowest BCUT2D eigenvalue weighted by atomic mass is 10.1. The van der Waals surface area contributed by atoms with E-state index in [9.17, 15) is 10.2 Å². The maximum absolute atomic E-state index is 9.37. The molecule has 4 nitrogen and oxygen atoms in total.